The van der Waals surface area contributed by atoms with Gasteiger partial charge in [0.05, 0.1) is 5.56 Å². The summed E-state index contributed by atoms with van der Waals surface area (Å²) in [6.45, 7) is 2.92. The molecule has 3 rings (SSSR count). The molecule has 0 radical (unpaired) electrons. The molecule has 110 valence electrons. The van der Waals surface area contributed by atoms with Gasteiger partial charge in [-0.25, -0.2) is 0 Å². The minimum Gasteiger partial charge on any atom is -0.336 e. The lowest BCUT2D eigenvalue weighted by Gasteiger charge is -2.24. The lowest BCUT2D eigenvalue weighted by atomic mass is 10.0. The molecule has 4 heteroatoms. The van der Waals surface area contributed by atoms with Gasteiger partial charge in [0.15, 0.2) is 0 Å². The van der Waals surface area contributed by atoms with Crippen molar-refractivity contribution in [1.29, 1.82) is 0 Å². The Bertz CT molecular complexity index is 609. The molecule has 1 amide bonds. The van der Waals surface area contributed by atoms with Crippen LogP contribution in [0.1, 0.15) is 40.9 Å². The Morgan fingerprint density at radius 1 is 1.48 bits per heavy atom. The van der Waals surface area contributed by atoms with Gasteiger partial charge in [-0.15, -0.1) is 0 Å². The Morgan fingerprint density at radius 3 is 3.14 bits per heavy atom. The number of hydrogen-bond acceptors (Lipinski definition) is 3. The minimum absolute atomic E-state index is 0.199. The number of aryl methyl sites for hydroxylation is 2. The highest BCUT2D eigenvalue weighted by molar-refractivity contribution is 7.08. The molecule has 3 heterocycles. The molecule has 21 heavy (non-hydrogen) atoms. The summed E-state index contributed by atoms with van der Waals surface area (Å²) < 4.78 is 0. The second-order valence-electron chi connectivity index (χ2n) is 5.65. The number of rotatable bonds is 4. The van der Waals surface area contributed by atoms with Crippen molar-refractivity contribution in [2.75, 3.05) is 6.54 Å². The van der Waals surface area contributed by atoms with Crippen LogP contribution in [0.3, 0.4) is 0 Å². The zero-order valence-corrected chi connectivity index (χ0v) is 13.1. The Labute approximate surface area is 129 Å². The summed E-state index contributed by atoms with van der Waals surface area (Å²) in [5.74, 6) is 0.199. The van der Waals surface area contributed by atoms with E-state index in [0.717, 1.165) is 43.5 Å². The van der Waals surface area contributed by atoms with Crippen LogP contribution in [0.2, 0.25) is 0 Å². The summed E-state index contributed by atoms with van der Waals surface area (Å²) in [7, 11) is 0. The van der Waals surface area contributed by atoms with Crippen LogP contribution < -0.4 is 0 Å². The third kappa shape index (κ3) is 3.32. The average Bonchev–Trinajstić information content (AvgIpc) is 3.16. The third-order valence-corrected chi connectivity index (χ3v) is 4.82. The van der Waals surface area contributed by atoms with Crippen molar-refractivity contribution < 1.29 is 4.79 Å². The smallest absolute Gasteiger partial charge is 0.254 e. The maximum Gasteiger partial charge on any atom is 0.254 e. The molecule has 2 aromatic heterocycles. The molecule has 3 nitrogen and oxygen atoms in total. The van der Waals surface area contributed by atoms with E-state index in [0.29, 0.717) is 6.04 Å². The quantitative estimate of drug-likeness (QED) is 0.863. The number of thiophene rings is 1. The molecule has 0 spiro atoms. The number of aromatic nitrogens is 1. The van der Waals surface area contributed by atoms with Crippen LogP contribution in [0.4, 0.5) is 0 Å². The fourth-order valence-corrected chi connectivity index (χ4v) is 3.68. The summed E-state index contributed by atoms with van der Waals surface area (Å²) in [4.78, 5) is 18.8. The molecule has 0 bridgehead atoms. The van der Waals surface area contributed by atoms with Gasteiger partial charge in [0.25, 0.3) is 5.91 Å². The average molecular weight is 300 g/mol. The highest BCUT2D eigenvalue weighted by Gasteiger charge is 2.29. The van der Waals surface area contributed by atoms with Gasteiger partial charge in [-0.05, 0) is 61.7 Å². The lowest BCUT2D eigenvalue weighted by molar-refractivity contribution is 0.0731. The fraction of sp³-hybridized carbons (Fsp3) is 0.412. The highest BCUT2D eigenvalue weighted by Crippen LogP contribution is 2.24. The molecule has 1 aliphatic heterocycles. The van der Waals surface area contributed by atoms with Crippen molar-refractivity contribution in [2.24, 2.45) is 0 Å². The number of amides is 1. The SMILES string of the molecule is Cc1cc(CCC2CCCN2C(=O)c2ccsc2)ccn1. The Balaban J connectivity index is 1.63. The summed E-state index contributed by atoms with van der Waals surface area (Å²) >= 11 is 1.59. The van der Waals surface area contributed by atoms with Crippen molar-refractivity contribution in [3.8, 4) is 0 Å². The van der Waals surface area contributed by atoms with Gasteiger partial charge >= 0.3 is 0 Å². The standard InChI is InChI=1S/C17H20N2OS/c1-13-11-14(6-8-18-13)4-5-16-3-2-9-19(16)17(20)15-7-10-21-12-15/h6-8,10-12,16H,2-5,9H2,1H3. The van der Waals surface area contributed by atoms with E-state index in [2.05, 4.69) is 22.0 Å². The molecular weight excluding hydrogens is 280 g/mol. The molecule has 1 atom stereocenters. The molecule has 2 aromatic rings. The van der Waals surface area contributed by atoms with Gasteiger partial charge in [-0.1, -0.05) is 0 Å². The third-order valence-electron chi connectivity index (χ3n) is 4.13. The van der Waals surface area contributed by atoms with Crippen molar-refractivity contribution in [1.82, 2.24) is 9.88 Å². The van der Waals surface area contributed by atoms with E-state index >= 15 is 0 Å². The molecule has 1 fully saturated rings. The van der Waals surface area contributed by atoms with Crippen LogP contribution in [0.15, 0.2) is 35.2 Å². The van der Waals surface area contributed by atoms with Gasteiger partial charge in [-0.2, -0.15) is 11.3 Å². The molecule has 0 aromatic carbocycles. The maximum absolute atomic E-state index is 12.5. The molecule has 0 saturated carbocycles. The predicted octanol–water partition coefficient (Wildman–Crippen LogP) is 3.69. The molecule has 1 saturated heterocycles. The topological polar surface area (TPSA) is 33.2 Å². The monoisotopic (exact) mass is 300 g/mol. The number of carbonyl (C=O) groups is 1. The van der Waals surface area contributed by atoms with E-state index in [9.17, 15) is 4.79 Å². The number of nitrogens with zero attached hydrogens (tertiary/aromatic N) is 2. The van der Waals surface area contributed by atoms with Crippen molar-refractivity contribution in [2.45, 2.75) is 38.6 Å². The first-order valence-corrected chi connectivity index (χ1v) is 8.43. The summed E-state index contributed by atoms with van der Waals surface area (Å²) in [5.41, 5.74) is 3.22. The van der Waals surface area contributed by atoms with Crippen molar-refractivity contribution >= 4 is 17.2 Å². The van der Waals surface area contributed by atoms with Crippen LogP contribution in [0.25, 0.3) is 0 Å². The van der Waals surface area contributed by atoms with Gasteiger partial charge in [0.2, 0.25) is 0 Å². The van der Waals surface area contributed by atoms with Crippen LogP contribution >= 0.6 is 11.3 Å². The van der Waals surface area contributed by atoms with Crippen LogP contribution in [0, 0.1) is 6.92 Å². The second-order valence-corrected chi connectivity index (χ2v) is 6.43. The maximum atomic E-state index is 12.5. The largest absolute Gasteiger partial charge is 0.336 e. The van der Waals surface area contributed by atoms with Crippen LogP contribution in [0.5, 0.6) is 0 Å². The van der Waals surface area contributed by atoms with E-state index in [1.165, 1.54) is 5.56 Å². The number of hydrogen-bond donors (Lipinski definition) is 0. The number of carbonyl (C=O) groups excluding carboxylic acids is 1. The zero-order chi connectivity index (χ0) is 14.7. The van der Waals surface area contributed by atoms with E-state index in [1.807, 2.05) is 29.9 Å². The summed E-state index contributed by atoms with van der Waals surface area (Å²) in [6.07, 6.45) is 6.17. The number of pyridine rings is 1. The normalized spacial score (nSPS) is 18.1. The van der Waals surface area contributed by atoms with E-state index < -0.39 is 0 Å². The first kappa shape index (κ1) is 14.3. The molecule has 0 N–H and O–H groups in total. The van der Waals surface area contributed by atoms with Crippen LogP contribution in [-0.2, 0) is 6.42 Å². The van der Waals surface area contributed by atoms with Gasteiger partial charge in [-0.3, -0.25) is 9.78 Å². The predicted molar refractivity (Wildman–Crippen MR) is 85.7 cm³/mol. The Hall–Kier alpha value is -1.68. The zero-order valence-electron chi connectivity index (χ0n) is 12.3. The Morgan fingerprint density at radius 2 is 2.38 bits per heavy atom. The van der Waals surface area contributed by atoms with Gasteiger partial charge in [0.1, 0.15) is 0 Å². The van der Waals surface area contributed by atoms with E-state index in [4.69, 9.17) is 0 Å². The minimum atomic E-state index is 0.199. The Kier molecular flexibility index (Phi) is 4.34. The molecule has 0 aliphatic carbocycles. The van der Waals surface area contributed by atoms with Gasteiger partial charge < -0.3 is 4.90 Å². The molecular formula is C17H20N2OS. The first-order chi connectivity index (χ1) is 10.2. The van der Waals surface area contributed by atoms with Crippen molar-refractivity contribution in [3.63, 3.8) is 0 Å². The second kappa shape index (κ2) is 6.39. The molecule has 1 unspecified atom stereocenters. The summed E-state index contributed by atoms with van der Waals surface area (Å²) in [5, 5.41) is 3.92. The highest BCUT2D eigenvalue weighted by atomic mass is 32.1. The summed E-state index contributed by atoms with van der Waals surface area (Å²) in [6, 6.07) is 6.52. The fourth-order valence-electron chi connectivity index (χ4n) is 3.05. The van der Waals surface area contributed by atoms with E-state index in [-0.39, 0.29) is 5.91 Å². The van der Waals surface area contributed by atoms with Crippen LogP contribution in [-0.4, -0.2) is 28.4 Å². The van der Waals surface area contributed by atoms with Crippen molar-refractivity contribution in [3.05, 3.63) is 52.0 Å². The van der Waals surface area contributed by atoms with E-state index in [1.54, 1.807) is 11.3 Å². The number of likely N-dealkylation sites (tertiary alicyclic amines) is 1. The van der Waals surface area contributed by atoms with Gasteiger partial charge in [0, 0.05) is 29.9 Å². The first-order valence-electron chi connectivity index (χ1n) is 7.49. The molecule has 1 aliphatic rings. The lowest BCUT2D eigenvalue weighted by Crippen LogP contribution is -2.35.